The maximum absolute atomic E-state index is 13.1. The zero-order valence-electron chi connectivity index (χ0n) is 18.1. The number of nitrogens with zero attached hydrogens (tertiary/aromatic N) is 2. The van der Waals surface area contributed by atoms with Gasteiger partial charge in [-0.25, -0.2) is 8.42 Å². The molecule has 1 N–H and O–H groups in total. The third kappa shape index (κ3) is 5.55. The number of sulfonamides is 1. The molecule has 1 heterocycles. The second-order valence-electron chi connectivity index (χ2n) is 7.02. The van der Waals surface area contributed by atoms with Crippen LogP contribution in [0.3, 0.4) is 0 Å². The number of carbonyl (C=O) groups is 1. The van der Waals surface area contributed by atoms with Crippen LogP contribution in [0.25, 0.3) is 0 Å². The largest absolute Gasteiger partial charge is 0.493 e. The lowest BCUT2D eigenvalue weighted by Gasteiger charge is -2.26. The van der Waals surface area contributed by atoms with Crippen molar-refractivity contribution in [3.05, 3.63) is 83.7 Å². The monoisotopic (exact) mass is 455 g/mol. The number of anilines is 1. The Labute approximate surface area is 187 Å². The highest BCUT2D eigenvalue weighted by molar-refractivity contribution is 7.92. The van der Waals surface area contributed by atoms with E-state index in [1.54, 1.807) is 24.5 Å². The highest BCUT2D eigenvalue weighted by atomic mass is 32.2. The fourth-order valence-corrected chi connectivity index (χ4v) is 4.06. The lowest BCUT2D eigenvalue weighted by Crippen LogP contribution is -2.32. The number of methoxy groups -OCH3 is 2. The summed E-state index contributed by atoms with van der Waals surface area (Å²) in [7, 11) is -0.831. The lowest BCUT2D eigenvalue weighted by atomic mass is 10.1. The summed E-state index contributed by atoms with van der Waals surface area (Å²) in [5.74, 6) is 0.188. The van der Waals surface area contributed by atoms with E-state index >= 15 is 0 Å². The van der Waals surface area contributed by atoms with Crippen LogP contribution in [0.15, 0.2) is 67.0 Å². The van der Waals surface area contributed by atoms with Crippen LogP contribution in [0.2, 0.25) is 0 Å². The number of amides is 1. The summed E-state index contributed by atoms with van der Waals surface area (Å²) in [4.78, 5) is 17.1. The Morgan fingerprint density at radius 2 is 1.59 bits per heavy atom. The Morgan fingerprint density at radius 1 is 0.969 bits per heavy atom. The van der Waals surface area contributed by atoms with Gasteiger partial charge in [-0.15, -0.1) is 0 Å². The van der Waals surface area contributed by atoms with Crippen LogP contribution < -0.4 is 19.1 Å². The molecular formula is C23H25N3O5S. The molecule has 0 aliphatic rings. The molecule has 0 bridgehead atoms. The number of aromatic nitrogens is 1. The average Bonchev–Trinajstić information content (AvgIpc) is 2.80. The van der Waals surface area contributed by atoms with Crippen LogP contribution in [0, 0.1) is 0 Å². The molecule has 0 fully saturated rings. The van der Waals surface area contributed by atoms with E-state index in [0.717, 1.165) is 17.4 Å². The zero-order valence-corrected chi connectivity index (χ0v) is 18.9. The van der Waals surface area contributed by atoms with Gasteiger partial charge in [-0.3, -0.25) is 14.1 Å². The first-order chi connectivity index (χ1) is 15.3. The molecule has 32 heavy (non-hydrogen) atoms. The normalized spacial score (nSPS) is 11.0. The molecule has 3 rings (SSSR count). The molecule has 2 aromatic carbocycles. The zero-order chi connectivity index (χ0) is 23.1. The number of hydrogen-bond donors (Lipinski definition) is 1. The van der Waals surface area contributed by atoms with Crippen LogP contribution >= 0.6 is 0 Å². The van der Waals surface area contributed by atoms with Crippen molar-refractivity contribution in [2.45, 2.75) is 13.1 Å². The highest BCUT2D eigenvalue weighted by Crippen LogP contribution is 2.37. The highest BCUT2D eigenvalue weighted by Gasteiger charge is 2.26. The van der Waals surface area contributed by atoms with E-state index in [0.29, 0.717) is 11.5 Å². The smallest absolute Gasteiger partial charge is 0.253 e. The van der Waals surface area contributed by atoms with E-state index in [4.69, 9.17) is 9.47 Å². The summed E-state index contributed by atoms with van der Waals surface area (Å²) < 4.78 is 37.4. The summed E-state index contributed by atoms with van der Waals surface area (Å²) in [6.45, 7) is 0.312. The van der Waals surface area contributed by atoms with E-state index in [9.17, 15) is 13.2 Å². The van der Waals surface area contributed by atoms with Crippen molar-refractivity contribution in [3.63, 3.8) is 0 Å². The minimum Gasteiger partial charge on any atom is -0.493 e. The Balaban J connectivity index is 2.05. The van der Waals surface area contributed by atoms with Crippen LogP contribution in [0.5, 0.6) is 11.5 Å². The molecule has 0 atom stereocenters. The predicted molar refractivity (Wildman–Crippen MR) is 122 cm³/mol. The predicted octanol–water partition coefficient (Wildman–Crippen LogP) is 3.00. The maximum atomic E-state index is 13.1. The Bertz CT molecular complexity index is 1170. The van der Waals surface area contributed by atoms with Gasteiger partial charge in [0.05, 0.1) is 38.3 Å². The van der Waals surface area contributed by atoms with Crippen LogP contribution in [0.4, 0.5) is 5.69 Å². The number of pyridine rings is 1. The van der Waals surface area contributed by atoms with Crippen LogP contribution in [0.1, 0.15) is 21.5 Å². The fraction of sp³-hybridized carbons (Fsp3) is 0.217. The van der Waals surface area contributed by atoms with Crippen molar-refractivity contribution in [1.82, 2.24) is 10.3 Å². The number of benzene rings is 2. The standard InChI is InChI=1S/C23H25N3O5S/c1-30-21-13-19(23(27)25-15-17-9-11-24-12-10-17)20(14-22(21)31-2)26(32(3,28)29)16-18-7-5-4-6-8-18/h4-14H,15-16H2,1-3H3,(H,25,27). The summed E-state index contributed by atoms with van der Waals surface area (Å²) >= 11 is 0. The van der Waals surface area contributed by atoms with Gasteiger partial charge in [0, 0.05) is 25.0 Å². The molecule has 0 unspecified atom stereocenters. The number of rotatable bonds is 9. The Hall–Kier alpha value is -3.59. The van der Waals surface area contributed by atoms with Gasteiger partial charge in [-0.05, 0) is 29.3 Å². The average molecular weight is 456 g/mol. The number of nitrogens with one attached hydrogen (secondary N) is 1. The molecule has 1 amide bonds. The quantitative estimate of drug-likeness (QED) is 0.533. The van der Waals surface area contributed by atoms with E-state index in [1.165, 1.54) is 30.7 Å². The van der Waals surface area contributed by atoms with Crippen molar-refractivity contribution < 1.29 is 22.7 Å². The van der Waals surface area contributed by atoms with Gasteiger partial charge in [0.25, 0.3) is 5.91 Å². The van der Waals surface area contributed by atoms with E-state index in [1.807, 2.05) is 30.3 Å². The van der Waals surface area contributed by atoms with Crippen molar-refractivity contribution >= 4 is 21.6 Å². The molecule has 8 nitrogen and oxygen atoms in total. The summed E-state index contributed by atoms with van der Waals surface area (Å²) in [5, 5.41) is 2.83. The van der Waals surface area contributed by atoms with Gasteiger partial charge in [0.2, 0.25) is 10.0 Å². The first-order valence-corrected chi connectivity index (χ1v) is 11.6. The second-order valence-corrected chi connectivity index (χ2v) is 8.92. The molecule has 168 valence electrons. The summed E-state index contributed by atoms with van der Waals surface area (Å²) in [6, 6.07) is 15.7. The second kappa shape index (κ2) is 10.1. The summed E-state index contributed by atoms with van der Waals surface area (Å²) in [6.07, 6.45) is 4.37. The Kier molecular flexibility index (Phi) is 7.32. The molecule has 9 heteroatoms. The number of hydrogen-bond acceptors (Lipinski definition) is 6. The van der Waals surface area contributed by atoms with Gasteiger partial charge in [-0.1, -0.05) is 30.3 Å². The van der Waals surface area contributed by atoms with Crippen LogP contribution in [-0.4, -0.2) is 39.8 Å². The Morgan fingerprint density at radius 3 is 2.19 bits per heavy atom. The first kappa shape index (κ1) is 23.1. The van der Waals surface area contributed by atoms with Crippen molar-refractivity contribution in [2.24, 2.45) is 0 Å². The number of ether oxygens (including phenoxy) is 2. The number of carbonyl (C=O) groups excluding carboxylic acids is 1. The third-order valence-electron chi connectivity index (χ3n) is 4.79. The van der Waals surface area contributed by atoms with Gasteiger partial charge in [0.15, 0.2) is 11.5 Å². The van der Waals surface area contributed by atoms with Crippen LogP contribution in [-0.2, 0) is 23.1 Å². The van der Waals surface area contributed by atoms with Crippen molar-refractivity contribution in [3.8, 4) is 11.5 Å². The van der Waals surface area contributed by atoms with Crippen molar-refractivity contribution in [2.75, 3.05) is 24.8 Å². The van der Waals surface area contributed by atoms with Gasteiger partial charge in [-0.2, -0.15) is 0 Å². The molecule has 0 aliphatic carbocycles. The van der Waals surface area contributed by atoms with E-state index in [2.05, 4.69) is 10.3 Å². The maximum Gasteiger partial charge on any atom is 0.253 e. The van der Waals surface area contributed by atoms with Gasteiger partial charge in [0.1, 0.15) is 0 Å². The molecule has 0 saturated heterocycles. The van der Waals surface area contributed by atoms with Gasteiger partial charge >= 0.3 is 0 Å². The van der Waals surface area contributed by atoms with E-state index < -0.39 is 15.9 Å². The molecule has 1 aromatic heterocycles. The molecule has 0 saturated carbocycles. The molecule has 0 spiro atoms. The minimum absolute atomic E-state index is 0.0553. The van der Waals surface area contributed by atoms with Crippen molar-refractivity contribution in [1.29, 1.82) is 0 Å². The lowest BCUT2D eigenvalue weighted by molar-refractivity contribution is 0.0951. The third-order valence-corrected chi connectivity index (χ3v) is 5.91. The topological polar surface area (TPSA) is 97.8 Å². The first-order valence-electron chi connectivity index (χ1n) is 9.78. The van der Waals surface area contributed by atoms with Gasteiger partial charge < -0.3 is 14.8 Å². The SMILES string of the molecule is COc1cc(C(=O)NCc2ccncc2)c(N(Cc2ccccc2)S(C)(=O)=O)cc1OC. The van der Waals surface area contributed by atoms with E-state index in [-0.39, 0.29) is 24.3 Å². The summed E-state index contributed by atoms with van der Waals surface area (Å²) in [5.41, 5.74) is 1.98. The molecular weight excluding hydrogens is 430 g/mol. The molecule has 0 radical (unpaired) electrons. The fourth-order valence-electron chi connectivity index (χ4n) is 3.16. The molecule has 3 aromatic rings. The molecule has 0 aliphatic heterocycles. The minimum atomic E-state index is -3.74.